The summed E-state index contributed by atoms with van der Waals surface area (Å²) in [4.78, 5) is 28.6. The number of benzene rings is 1. The highest BCUT2D eigenvalue weighted by Crippen LogP contribution is 2.42. The molecular formula is C27H21ClF2IN5O6S2. The standard InChI is InChI=1S/C27H21ClF2IN5O6S2/c1-13(37)40-12-21-25(41-14(2)38)24(36-11-20(34-35-36)16-7-17(29)23(28)18(30)8-16)26(39-3)27(42-21)44-22-6-15(4-5-43-31)10-33-19(22)9-32/h6-8,10-11,21,24-27H,12H2,1-3H3. The summed E-state index contributed by atoms with van der Waals surface area (Å²) < 4.78 is 52.8. The lowest BCUT2D eigenvalue weighted by Crippen LogP contribution is -2.57. The van der Waals surface area contributed by atoms with Crippen molar-refractivity contribution in [3.05, 3.63) is 58.5 Å². The molecule has 5 atom stereocenters. The maximum Gasteiger partial charge on any atom is 0.303 e. The number of esters is 2. The Hall–Kier alpha value is -3.00. The molecule has 2 aromatic heterocycles. The molecule has 1 aliphatic rings. The van der Waals surface area contributed by atoms with Gasteiger partial charge in [0.2, 0.25) is 0 Å². The molecule has 44 heavy (non-hydrogen) atoms. The number of ether oxygens (including phenoxy) is 4. The Morgan fingerprint density at radius 2 is 1.93 bits per heavy atom. The van der Waals surface area contributed by atoms with E-state index in [-0.39, 0.29) is 23.6 Å². The maximum atomic E-state index is 14.2. The van der Waals surface area contributed by atoms with Crippen molar-refractivity contribution in [2.45, 2.75) is 48.5 Å². The number of carbonyl (C=O) groups is 2. The SMILES string of the molecule is COC1C(Sc2cc(C#CSI)cnc2C#N)OC(COC(C)=O)C(OC(C)=O)C1n1cc(-c2cc(F)c(Cl)c(F)c2)nn1. The van der Waals surface area contributed by atoms with Crippen molar-refractivity contribution in [2.75, 3.05) is 13.7 Å². The van der Waals surface area contributed by atoms with Crippen LogP contribution < -0.4 is 0 Å². The molecule has 5 unspecified atom stereocenters. The second-order valence-corrected chi connectivity index (χ2v) is 12.3. The number of rotatable bonds is 8. The lowest BCUT2D eigenvalue weighted by Gasteiger charge is -2.44. The van der Waals surface area contributed by atoms with E-state index >= 15 is 0 Å². The average molecular weight is 776 g/mol. The van der Waals surface area contributed by atoms with E-state index in [1.165, 1.54) is 47.0 Å². The first-order chi connectivity index (χ1) is 21.1. The summed E-state index contributed by atoms with van der Waals surface area (Å²) >= 11 is 8.76. The van der Waals surface area contributed by atoms with Gasteiger partial charge in [-0.1, -0.05) is 34.5 Å². The van der Waals surface area contributed by atoms with Gasteiger partial charge >= 0.3 is 11.9 Å². The van der Waals surface area contributed by atoms with Gasteiger partial charge in [-0.05, 0) is 32.4 Å². The van der Waals surface area contributed by atoms with E-state index in [9.17, 15) is 23.6 Å². The molecule has 1 aliphatic heterocycles. The van der Waals surface area contributed by atoms with Gasteiger partial charge in [-0.15, -0.1) is 5.10 Å². The summed E-state index contributed by atoms with van der Waals surface area (Å²) in [5.74, 6) is -0.316. The zero-order valence-electron chi connectivity index (χ0n) is 23.0. The van der Waals surface area contributed by atoms with E-state index in [0.29, 0.717) is 10.5 Å². The van der Waals surface area contributed by atoms with Crippen LogP contribution in [0.1, 0.15) is 31.1 Å². The summed E-state index contributed by atoms with van der Waals surface area (Å²) in [5, 5.41) is 20.2. The summed E-state index contributed by atoms with van der Waals surface area (Å²) in [6, 6.07) is 4.77. The molecule has 11 nitrogen and oxygen atoms in total. The molecule has 0 saturated carbocycles. The van der Waals surface area contributed by atoms with Crippen LogP contribution in [0.5, 0.6) is 0 Å². The third-order valence-electron chi connectivity index (χ3n) is 6.17. The van der Waals surface area contributed by atoms with E-state index in [0.717, 1.165) is 23.9 Å². The molecule has 0 radical (unpaired) electrons. The van der Waals surface area contributed by atoms with Crippen LogP contribution in [-0.4, -0.2) is 69.4 Å². The maximum absolute atomic E-state index is 14.2. The molecule has 230 valence electrons. The van der Waals surface area contributed by atoms with Crippen molar-refractivity contribution < 1.29 is 37.3 Å². The van der Waals surface area contributed by atoms with Gasteiger partial charge in [-0.3, -0.25) is 9.59 Å². The van der Waals surface area contributed by atoms with Gasteiger partial charge in [0.15, 0.2) is 11.8 Å². The van der Waals surface area contributed by atoms with E-state index < -0.39 is 58.4 Å². The second-order valence-electron chi connectivity index (χ2n) is 9.05. The Kier molecular flexibility index (Phi) is 11.8. The minimum absolute atomic E-state index is 0.0513. The number of nitrogens with zero attached hydrogens (tertiary/aromatic N) is 5. The van der Waals surface area contributed by atoms with Gasteiger partial charge in [0.05, 0.1) is 6.20 Å². The van der Waals surface area contributed by atoms with E-state index in [4.69, 9.17) is 30.5 Å². The number of halogens is 4. The predicted molar refractivity (Wildman–Crippen MR) is 164 cm³/mol. The lowest BCUT2D eigenvalue weighted by atomic mass is 9.96. The van der Waals surface area contributed by atoms with E-state index in [1.807, 2.05) is 27.3 Å². The molecule has 1 saturated heterocycles. The quantitative estimate of drug-likeness (QED) is 0.130. The van der Waals surface area contributed by atoms with Crippen LogP contribution >= 0.6 is 53.5 Å². The van der Waals surface area contributed by atoms with Gasteiger partial charge in [0.25, 0.3) is 0 Å². The number of aromatic nitrogens is 4. The molecule has 3 aromatic rings. The third kappa shape index (κ3) is 7.98. The minimum Gasteiger partial charge on any atom is -0.463 e. The Bertz CT molecular complexity index is 1640. The molecule has 0 amide bonds. The number of hydrogen-bond donors (Lipinski definition) is 0. The summed E-state index contributed by atoms with van der Waals surface area (Å²) in [6.45, 7) is 2.10. The number of methoxy groups -OCH3 is 1. The van der Waals surface area contributed by atoms with Gasteiger partial charge in [0.1, 0.15) is 58.7 Å². The van der Waals surface area contributed by atoms with Gasteiger partial charge in [0, 0.05) is 64.4 Å². The molecule has 0 spiro atoms. The average Bonchev–Trinajstić information content (AvgIpc) is 3.48. The van der Waals surface area contributed by atoms with E-state index in [1.54, 1.807) is 6.07 Å². The van der Waals surface area contributed by atoms with Gasteiger partial charge < -0.3 is 18.9 Å². The number of pyridine rings is 1. The highest BCUT2D eigenvalue weighted by molar-refractivity contribution is 14.2. The number of hydrogen-bond acceptors (Lipinski definition) is 12. The molecule has 17 heteroatoms. The van der Waals surface area contributed by atoms with Crippen molar-refractivity contribution in [1.82, 2.24) is 20.0 Å². The lowest BCUT2D eigenvalue weighted by molar-refractivity contribution is -0.208. The van der Waals surface area contributed by atoms with E-state index in [2.05, 4.69) is 26.5 Å². The Morgan fingerprint density at radius 3 is 2.55 bits per heavy atom. The molecular weight excluding hydrogens is 755 g/mol. The molecule has 1 fully saturated rings. The zero-order chi connectivity index (χ0) is 32.0. The largest absolute Gasteiger partial charge is 0.463 e. The number of nitriles is 1. The van der Waals surface area contributed by atoms with Crippen LogP contribution in [0.2, 0.25) is 5.02 Å². The molecule has 0 N–H and O–H groups in total. The smallest absolute Gasteiger partial charge is 0.303 e. The Labute approximate surface area is 275 Å². The fourth-order valence-electron chi connectivity index (χ4n) is 4.36. The second kappa shape index (κ2) is 15.3. The van der Waals surface area contributed by atoms with Crippen LogP contribution in [-0.2, 0) is 28.5 Å². The summed E-state index contributed by atoms with van der Waals surface area (Å²) in [6.07, 6.45) is -0.233. The van der Waals surface area contributed by atoms with Crippen LogP contribution in [0.4, 0.5) is 8.78 Å². The minimum atomic E-state index is -1.13. The first-order valence-electron chi connectivity index (χ1n) is 12.5. The highest BCUT2D eigenvalue weighted by atomic mass is 127. The molecule has 0 aliphatic carbocycles. The van der Waals surface area contributed by atoms with Crippen molar-refractivity contribution >= 4 is 65.4 Å². The predicted octanol–water partition coefficient (Wildman–Crippen LogP) is 5.10. The van der Waals surface area contributed by atoms with Crippen LogP contribution in [0.15, 0.2) is 35.5 Å². The third-order valence-corrected chi connectivity index (χ3v) is 8.55. The fourth-order valence-corrected chi connectivity index (χ4v) is 6.22. The summed E-state index contributed by atoms with van der Waals surface area (Å²) in [7, 11) is 2.68. The Balaban J connectivity index is 1.80. The van der Waals surface area contributed by atoms with Gasteiger partial charge in [-0.25, -0.2) is 18.4 Å². The number of thioether (sulfide) groups is 1. The first kappa shape index (κ1) is 33.9. The Morgan fingerprint density at radius 1 is 1.20 bits per heavy atom. The van der Waals surface area contributed by atoms with Gasteiger partial charge in [-0.2, -0.15) is 5.26 Å². The van der Waals surface area contributed by atoms with Crippen molar-refractivity contribution in [2.24, 2.45) is 0 Å². The topological polar surface area (TPSA) is 138 Å². The van der Waals surface area contributed by atoms with Crippen molar-refractivity contribution in [3.8, 4) is 28.5 Å². The van der Waals surface area contributed by atoms with Crippen LogP contribution in [0.25, 0.3) is 11.3 Å². The summed E-state index contributed by atoms with van der Waals surface area (Å²) in [5.41, 5.74) is -0.124. The zero-order valence-corrected chi connectivity index (χ0v) is 27.5. The molecule has 3 heterocycles. The molecule has 4 rings (SSSR count). The van der Waals surface area contributed by atoms with Crippen molar-refractivity contribution in [3.63, 3.8) is 0 Å². The highest BCUT2D eigenvalue weighted by Gasteiger charge is 2.51. The molecule has 1 aromatic carbocycles. The van der Waals surface area contributed by atoms with Crippen LogP contribution in [0.3, 0.4) is 0 Å². The monoisotopic (exact) mass is 775 g/mol. The number of carbonyl (C=O) groups excluding carboxylic acids is 2. The first-order valence-corrected chi connectivity index (χ1v) is 17.1. The molecule has 0 bridgehead atoms. The van der Waals surface area contributed by atoms with Crippen LogP contribution in [0, 0.1) is 34.1 Å². The normalized spacial score (nSPS) is 21.1. The fraction of sp³-hybridized carbons (Fsp3) is 0.333. The van der Waals surface area contributed by atoms with Crippen molar-refractivity contribution in [1.29, 1.82) is 5.26 Å².